The highest BCUT2D eigenvalue weighted by atomic mass is 32.2. The minimum absolute atomic E-state index is 0.0532. The van der Waals surface area contributed by atoms with Crippen LogP contribution in [-0.2, 0) is 10.1 Å². The van der Waals surface area contributed by atoms with Crippen molar-refractivity contribution in [2.45, 2.75) is 18.0 Å². The minimum atomic E-state index is -5.53. The van der Waals surface area contributed by atoms with Crippen LogP contribution in [0.5, 0.6) is 0 Å². The molecule has 0 aromatic heterocycles. The number of halogens is 3. The molecule has 0 aromatic carbocycles. The third-order valence-corrected chi connectivity index (χ3v) is 2.26. The molecule has 0 spiro atoms. The van der Waals surface area contributed by atoms with Gasteiger partial charge in [0.25, 0.3) is 4.93 Å². The first-order chi connectivity index (χ1) is 4.50. The lowest BCUT2D eigenvalue weighted by Crippen LogP contribution is -2.48. The van der Waals surface area contributed by atoms with E-state index in [1.807, 2.05) is 0 Å². The number of rotatable bonds is 1. The lowest BCUT2D eigenvalue weighted by molar-refractivity contribution is -0.218. The smallest absolute Gasteiger partial charge is 0.366 e. The van der Waals surface area contributed by atoms with Crippen LogP contribution in [0, 0.1) is 0 Å². The van der Waals surface area contributed by atoms with Crippen LogP contribution in [0.2, 0.25) is 0 Å². The van der Waals surface area contributed by atoms with Gasteiger partial charge in [-0.3, -0.25) is 4.55 Å². The molecule has 1 atom stereocenters. The van der Waals surface area contributed by atoms with Crippen molar-refractivity contribution in [1.82, 2.24) is 0 Å². The Hall–Kier alpha value is -0.340. The first kappa shape index (κ1) is 10.7. The first-order valence-electron chi connectivity index (χ1n) is 2.26. The molecule has 0 aromatic rings. The number of hydrogen-bond acceptors (Lipinski definition) is 3. The Bertz CT molecular complexity index is 238. The summed E-state index contributed by atoms with van der Waals surface area (Å²) >= 11 is 0. The molecular weight excluding hydrogens is 189 g/mol. The monoisotopic (exact) mass is 194 g/mol. The van der Waals surface area contributed by atoms with Crippen LogP contribution < -0.4 is 0 Å². The maximum absolute atomic E-state index is 11.5. The Labute approximate surface area is 60.4 Å². The zero-order valence-electron chi connectivity index (χ0n) is 5.25. The van der Waals surface area contributed by atoms with Crippen molar-refractivity contribution in [2.75, 3.05) is 0 Å². The molecule has 0 aliphatic rings. The van der Waals surface area contributed by atoms with E-state index in [1.165, 1.54) is 0 Å². The van der Waals surface area contributed by atoms with Crippen LogP contribution in [0.4, 0.5) is 13.2 Å². The second-order valence-electron chi connectivity index (χ2n) is 1.96. The third kappa shape index (κ3) is 1.82. The van der Waals surface area contributed by atoms with E-state index in [9.17, 15) is 21.6 Å². The second-order valence-corrected chi connectivity index (χ2v) is 3.70. The van der Waals surface area contributed by atoms with Crippen molar-refractivity contribution in [3.05, 3.63) is 0 Å². The summed E-state index contributed by atoms with van der Waals surface area (Å²) < 4.78 is 62.3. The Morgan fingerprint density at radius 1 is 1.27 bits per heavy atom. The molecule has 0 saturated carbocycles. The molecule has 0 radical (unpaired) electrons. The predicted molar refractivity (Wildman–Crippen MR) is 28.2 cm³/mol. The molecule has 0 amide bonds. The predicted octanol–water partition coefficient (Wildman–Crippen LogP) is 0.145. The van der Waals surface area contributed by atoms with Crippen LogP contribution in [0.3, 0.4) is 0 Å². The molecule has 2 N–H and O–H groups in total. The molecular formula is C3H5F3O4S. The fourth-order valence-corrected chi connectivity index (χ4v) is 0.439. The van der Waals surface area contributed by atoms with Gasteiger partial charge in [0.15, 0.2) is 0 Å². The Morgan fingerprint density at radius 3 is 1.55 bits per heavy atom. The van der Waals surface area contributed by atoms with Crippen LogP contribution in [0.1, 0.15) is 6.92 Å². The van der Waals surface area contributed by atoms with Gasteiger partial charge in [-0.15, -0.1) is 0 Å². The first-order valence-corrected chi connectivity index (χ1v) is 3.70. The van der Waals surface area contributed by atoms with E-state index in [1.54, 1.807) is 0 Å². The van der Waals surface area contributed by atoms with Crippen LogP contribution in [-0.4, -0.2) is 29.2 Å². The van der Waals surface area contributed by atoms with E-state index >= 15 is 0 Å². The lowest BCUT2D eigenvalue weighted by atomic mass is 10.4. The van der Waals surface area contributed by atoms with Crippen LogP contribution in [0.25, 0.3) is 0 Å². The van der Waals surface area contributed by atoms with Gasteiger partial charge in [0.2, 0.25) is 0 Å². The average molecular weight is 194 g/mol. The average Bonchev–Trinajstić information content (AvgIpc) is 1.58. The van der Waals surface area contributed by atoms with E-state index in [2.05, 4.69) is 0 Å². The number of aliphatic hydroxyl groups is 1. The third-order valence-electron chi connectivity index (χ3n) is 1.03. The van der Waals surface area contributed by atoms with E-state index in [-0.39, 0.29) is 6.92 Å². The van der Waals surface area contributed by atoms with Gasteiger partial charge < -0.3 is 5.11 Å². The van der Waals surface area contributed by atoms with Crippen molar-refractivity contribution in [2.24, 2.45) is 0 Å². The Morgan fingerprint density at radius 2 is 1.55 bits per heavy atom. The molecule has 0 fully saturated rings. The van der Waals surface area contributed by atoms with Gasteiger partial charge in [0.1, 0.15) is 0 Å². The van der Waals surface area contributed by atoms with Gasteiger partial charge in [-0.05, 0) is 6.92 Å². The molecule has 8 heteroatoms. The van der Waals surface area contributed by atoms with Crippen molar-refractivity contribution in [1.29, 1.82) is 0 Å². The van der Waals surface area contributed by atoms with Crippen molar-refractivity contribution in [3.63, 3.8) is 0 Å². The molecule has 1 unspecified atom stereocenters. The summed E-state index contributed by atoms with van der Waals surface area (Å²) in [6.07, 6.45) is -5.40. The number of alkyl halides is 3. The van der Waals surface area contributed by atoms with Crippen molar-refractivity contribution in [3.8, 4) is 0 Å². The Kier molecular flexibility index (Phi) is 2.25. The zero-order valence-corrected chi connectivity index (χ0v) is 6.07. The second kappa shape index (κ2) is 2.32. The molecule has 0 saturated heterocycles. The summed E-state index contributed by atoms with van der Waals surface area (Å²) in [4.78, 5) is -4.10. The van der Waals surface area contributed by atoms with Crippen LogP contribution >= 0.6 is 0 Å². The minimum Gasteiger partial charge on any atom is -0.366 e. The quantitative estimate of drug-likeness (QED) is 0.582. The summed E-state index contributed by atoms with van der Waals surface area (Å²) in [6.45, 7) is -0.0532. The van der Waals surface area contributed by atoms with E-state index in [0.717, 1.165) is 0 Å². The van der Waals surface area contributed by atoms with Crippen LogP contribution in [0.15, 0.2) is 0 Å². The van der Waals surface area contributed by atoms with Gasteiger partial charge >= 0.3 is 16.3 Å². The summed E-state index contributed by atoms with van der Waals surface area (Å²) in [5.41, 5.74) is 0. The Balaban J connectivity index is 5.08. The van der Waals surface area contributed by atoms with E-state index < -0.39 is 21.2 Å². The molecule has 0 rings (SSSR count). The topological polar surface area (TPSA) is 74.6 Å². The maximum atomic E-state index is 11.5. The highest BCUT2D eigenvalue weighted by Crippen LogP contribution is 2.33. The summed E-state index contributed by atoms with van der Waals surface area (Å²) in [5.74, 6) is 0. The van der Waals surface area contributed by atoms with Crippen molar-refractivity contribution >= 4 is 10.1 Å². The summed E-state index contributed by atoms with van der Waals surface area (Å²) in [6, 6.07) is 0. The van der Waals surface area contributed by atoms with Gasteiger partial charge in [-0.1, -0.05) is 0 Å². The summed E-state index contributed by atoms with van der Waals surface area (Å²) in [5, 5.41) is 8.22. The van der Waals surface area contributed by atoms with Gasteiger partial charge in [0, 0.05) is 0 Å². The largest absolute Gasteiger partial charge is 0.434 e. The normalized spacial score (nSPS) is 19.5. The maximum Gasteiger partial charge on any atom is 0.434 e. The standard InChI is InChI=1S/C3H5F3O4S/c1-2(7,3(4,5)6)11(8,9)10/h7H,1H3,(H,8,9,10). The van der Waals surface area contributed by atoms with Gasteiger partial charge in [-0.25, -0.2) is 0 Å². The molecule has 0 aliphatic carbocycles. The highest BCUT2D eigenvalue weighted by Gasteiger charge is 2.59. The molecule has 4 nitrogen and oxygen atoms in total. The fraction of sp³-hybridized carbons (Fsp3) is 1.00. The van der Waals surface area contributed by atoms with Gasteiger partial charge in [-0.2, -0.15) is 21.6 Å². The molecule has 11 heavy (non-hydrogen) atoms. The highest BCUT2D eigenvalue weighted by molar-refractivity contribution is 7.87. The fourth-order valence-electron chi connectivity index (χ4n) is 0.146. The van der Waals surface area contributed by atoms with Crippen molar-refractivity contribution < 1.29 is 31.2 Å². The van der Waals surface area contributed by atoms with E-state index in [4.69, 9.17) is 9.66 Å². The molecule has 68 valence electrons. The van der Waals surface area contributed by atoms with Gasteiger partial charge in [0.05, 0.1) is 0 Å². The molecule has 0 heterocycles. The lowest BCUT2D eigenvalue weighted by Gasteiger charge is -2.21. The van der Waals surface area contributed by atoms with E-state index in [0.29, 0.717) is 0 Å². The zero-order chi connectivity index (χ0) is 9.50. The molecule has 0 aliphatic heterocycles. The molecule has 0 bridgehead atoms. The summed E-state index contributed by atoms with van der Waals surface area (Å²) in [7, 11) is -5.53. The number of hydrogen-bond donors (Lipinski definition) is 2. The SMILES string of the molecule is CC(O)(C(F)(F)F)S(=O)(=O)O.